The molecule has 1 aliphatic heterocycles. The Morgan fingerprint density at radius 1 is 1.58 bits per heavy atom. The van der Waals surface area contributed by atoms with Gasteiger partial charge in [-0.3, -0.25) is 4.57 Å². The first-order valence-electron chi connectivity index (χ1n) is 5.78. The van der Waals surface area contributed by atoms with Gasteiger partial charge in [-0.1, -0.05) is 0 Å². The number of hydrogen-bond donors (Lipinski definition) is 2. The van der Waals surface area contributed by atoms with E-state index in [1.165, 1.54) is 31.0 Å². The quantitative estimate of drug-likeness (QED) is 0.703. The first-order valence-corrected chi connectivity index (χ1v) is 5.78. The van der Waals surface area contributed by atoms with Gasteiger partial charge < -0.3 is 25.1 Å². The van der Waals surface area contributed by atoms with Crippen molar-refractivity contribution in [2.24, 2.45) is 0 Å². The summed E-state index contributed by atoms with van der Waals surface area (Å²) in [5.41, 5.74) is 4.83. The van der Waals surface area contributed by atoms with Crippen LogP contribution in [0.1, 0.15) is 6.23 Å². The second-order valence-corrected chi connectivity index (χ2v) is 4.25. The van der Waals surface area contributed by atoms with Crippen LogP contribution in [0.25, 0.3) is 0 Å². The van der Waals surface area contributed by atoms with Crippen molar-refractivity contribution in [1.29, 1.82) is 0 Å². The monoisotopic (exact) mass is 271 g/mol. The zero-order valence-electron chi connectivity index (χ0n) is 10.7. The summed E-state index contributed by atoms with van der Waals surface area (Å²) in [5, 5.41) is 10.2. The van der Waals surface area contributed by atoms with Crippen molar-refractivity contribution < 1.29 is 19.3 Å². The Kier molecular flexibility index (Phi) is 4.15. The molecule has 19 heavy (non-hydrogen) atoms. The van der Waals surface area contributed by atoms with Gasteiger partial charge in [0, 0.05) is 20.4 Å². The Hall–Kier alpha value is -1.48. The van der Waals surface area contributed by atoms with E-state index in [0.717, 1.165) is 0 Å². The largest absolute Gasteiger partial charge is 0.386 e. The van der Waals surface area contributed by atoms with Gasteiger partial charge in [-0.2, -0.15) is 4.98 Å². The third kappa shape index (κ3) is 2.61. The van der Waals surface area contributed by atoms with E-state index in [2.05, 4.69) is 4.98 Å². The molecule has 0 radical (unpaired) electrons. The van der Waals surface area contributed by atoms with Crippen molar-refractivity contribution >= 4 is 5.82 Å². The van der Waals surface area contributed by atoms with Crippen molar-refractivity contribution in [3.8, 4) is 0 Å². The fourth-order valence-electron chi connectivity index (χ4n) is 2.16. The Bertz CT molecular complexity index is 491. The van der Waals surface area contributed by atoms with E-state index >= 15 is 0 Å². The van der Waals surface area contributed by atoms with Crippen molar-refractivity contribution in [3.63, 3.8) is 0 Å². The lowest BCUT2D eigenvalue weighted by molar-refractivity contribution is -0.0640. The van der Waals surface area contributed by atoms with E-state index in [1.54, 1.807) is 0 Å². The zero-order valence-corrected chi connectivity index (χ0v) is 10.7. The average molecular weight is 271 g/mol. The van der Waals surface area contributed by atoms with Gasteiger partial charge in [-0.05, 0) is 6.07 Å². The van der Waals surface area contributed by atoms with Crippen molar-refractivity contribution in [1.82, 2.24) is 9.55 Å². The molecule has 1 aromatic rings. The van der Waals surface area contributed by atoms with Gasteiger partial charge in [0.2, 0.25) is 0 Å². The van der Waals surface area contributed by atoms with Crippen molar-refractivity contribution in [3.05, 3.63) is 22.7 Å². The van der Waals surface area contributed by atoms with E-state index in [0.29, 0.717) is 0 Å². The molecule has 1 saturated heterocycles. The third-order valence-corrected chi connectivity index (χ3v) is 3.04. The molecule has 0 bridgehead atoms. The Labute approximate surface area is 109 Å². The van der Waals surface area contributed by atoms with E-state index in [1.807, 2.05) is 0 Å². The Balaban J connectivity index is 2.28. The molecule has 0 aliphatic carbocycles. The van der Waals surface area contributed by atoms with Gasteiger partial charge >= 0.3 is 5.69 Å². The number of aliphatic hydroxyl groups excluding tert-OH is 1. The second kappa shape index (κ2) is 5.66. The summed E-state index contributed by atoms with van der Waals surface area (Å²) in [4.78, 5) is 15.3. The first kappa shape index (κ1) is 13.9. The second-order valence-electron chi connectivity index (χ2n) is 4.25. The van der Waals surface area contributed by atoms with Crippen LogP contribution in [-0.2, 0) is 14.2 Å². The van der Waals surface area contributed by atoms with Crippen LogP contribution in [0.3, 0.4) is 0 Å². The highest BCUT2D eigenvalue weighted by Crippen LogP contribution is 2.30. The molecular weight excluding hydrogens is 254 g/mol. The number of rotatable bonds is 4. The maximum absolute atomic E-state index is 11.7. The molecular formula is C11H17N3O5. The number of anilines is 1. The standard InChI is InChI=1S/C11H17N3O5/c1-17-5-6-9(18-2)8(15)10(19-6)14-4-3-7(12)13-11(14)16/h3-4,6,8-10,15H,5H2,1-2H3,(H2,12,13,16)/t6-,8?,9+,10+/m1/s1. The number of nitrogens with zero attached hydrogens (tertiary/aromatic N) is 2. The number of ether oxygens (including phenoxy) is 3. The minimum Gasteiger partial charge on any atom is -0.386 e. The fourth-order valence-corrected chi connectivity index (χ4v) is 2.16. The van der Waals surface area contributed by atoms with Crippen LogP contribution in [-0.4, -0.2) is 53.8 Å². The van der Waals surface area contributed by atoms with Crippen LogP contribution in [0.5, 0.6) is 0 Å². The first-order chi connectivity index (χ1) is 9.08. The maximum Gasteiger partial charge on any atom is 0.351 e. The molecule has 0 saturated carbocycles. The van der Waals surface area contributed by atoms with Crippen molar-refractivity contribution in [2.75, 3.05) is 26.6 Å². The minimum atomic E-state index is -0.992. The molecule has 106 valence electrons. The maximum atomic E-state index is 11.7. The number of nitrogens with two attached hydrogens (primary N) is 1. The van der Waals surface area contributed by atoms with E-state index in [-0.39, 0.29) is 12.4 Å². The van der Waals surface area contributed by atoms with Gasteiger partial charge in [0.05, 0.1) is 6.61 Å². The molecule has 2 rings (SSSR count). The molecule has 3 N–H and O–H groups in total. The van der Waals surface area contributed by atoms with Crippen LogP contribution >= 0.6 is 0 Å². The van der Waals surface area contributed by atoms with Crippen LogP contribution < -0.4 is 11.4 Å². The van der Waals surface area contributed by atoms with Crippen molar-refractivity contribution in [2.45, 2.75) is 24.5 Å². The molecule has 0 aromatic carbocycles. The van der Waals surface area contributed by atoms with Crippen LogP contribution in [0, 0.1) is 0 Å². The van der Waals surface area contributed by atoms with Crippen LogP contribution in [0.15, 0.2) is 17.1 Å². The SMILES string of the molecule is COC[C@H]1O[C@H](n2ccc(N)nc2=O)C(O)[C@H]1OC. The highest BCUT2D eigenvalue weighted by atomic mass is 16.6. The van der Waals surface area contributed by atoms with Crippen LogP contribution in [0.2, 0.25) is 0 Å². The van der Waals surface area contributed by atoms with Crippen LogP contribution in [0.4, 0.5) is 5.82 Å². The molecule has 1 unspecified atom stereocenters. The normalized spacial score (nSPS) is 30.7. The molecule has 1 aliphatic rings. The number of aliphatic hydroxyl groups is 1. The van der Waals surface area contributed by atoms with Gasteiger partial charge in [0.25, 0.3) is 0 Å². The predicted octanol–water partition coefficient (Wildman–Crippen LogP) is -1.25. The number of aromatic nitrogens is 2. The summed E-state index contributed by atoms with van der Waals surface area (Å²) in [7, 11) is 2.99. The van der Waals surface area contributed by atoms with E-state index in [4.69, 9.17) is 19.9 Å². The molecule has 8 heteroatoms. The summed E-state index contributed by atoms with van der Waals surface area (Å²) in [6.07, 6.45) is -1.46. The average Bonchev–Trinajstić information content (AvgIpc) is 2.66. The highest BCUT2D eigenvalue weighted by molar-refractivity contribution is 5.23. The van der Waals surface area contributed by atoms with E-state index in [9.17, 15) is 9.90 Å². The molecule has 8 nitrogen and oxygen atoms in total. The molecule has 0 amide bonds. The summed E-state index contributed by atoms with van der Waals surface area (Å²) in [6.45, 7) is 0.253. The van der Waals surface area contributed by atoms with Gasteiger partial charge in [0.15, 0.2) is 6.23 Å². The molecule has 1 fully saturated rings. The zero-order chi connectivity index (χ0) is 14.0. The summed E-state index contributed by atoms with van der Waals surface area (Å²) in [5.74, 6) is 0.116. The number of methoxy groups -OCH3 is 2. The number of nitrogen functional groups attached to an aromatic ring is 1. The lowest BCUT2D eigenvalue weighted by Crippen LogP contribution is -2.37. The van der Waals surface area contributed by atoms with E-state index < -0.39 is 30.2 Å². The van der Waals surface area contributed by atoms with Gasteiger partial charge in [0.1, 0.15) is 24.1 Å². The molecule has 0 spiro atoms. The molecule has 1 aromatic heterocycles. The summed E-state index contributed by atoms with van der Waals surface area (Å²) in [6, 6.07) is 1.46. The van der Waals surface area contributed by atoms with Gasteiger partial charge in [-0.25, -0.2) is 4.79 Å². The lowest BCUT2D eigenvalue weighted by Gasteiger charge is -2.18. The predicted molar refractivity (Wildman–Crippen MR) is 65.5 cm³/mol. The summed E-state index contributed by atoms with van der Waals surface area (Å²) >= 11 is 0. The lowest BCUT2D eigenvalue weighted by atomic mass is 10.1. The third-order valence-electron chi connectivity index (χ3n) is 3.04. The smallest absolute Gasteiger partial charge is 0.351 e. The van der Waals surface area contributed by atoms with Gasteiger partial charge in [-0.15, -0.1) is 0 Å². The summed E-state index contributed by atoms with van der Waals surface area (Å²) < 4.78 is 17.0. The Morgan fingerprint density at radius 3 is 2.89 bits per heavy atom. The molecule has 4 atom stereocenters. The topological polar surface area (TPSA) is 109 Å². The molecule has 2 heterocycles. The fraction of sp³-hybridized carbons (Fsp3) is 0.636. The highest BCUT2D eigenvalue weighted by Gasteiger charge is 2.45. The Morgan fingerprint density at radius 2 is 2.32 bits per heavy atom. The number of hydrogen-bond acceptors (Lipinski definition) is 7. The minimum absolute atomic E-state index is 0.116.